The molecule has 3 amide bonds. The highest BCUT2D eigenvalue weighted by Gasteiger charge is 2.47. The van der Waals surface area contributed by atoms with Gasteiger partial charge in [-0.1, -0.05) is 36.4 Å². The molecule has 2 heterocycles. The first-order valence-electron chi connectivity index (χ1n) is 14.5. The lowest BCUT2D eigenvalue weighted by Gasteiger charge is -2.39. The van der Waals surface area contributed by atoms with E-state index in [-0.39, 0.29) is 12.1 Å². The molecule has 1 aromatic heterocycles. The predicted molar refractivity (Wildman–Crippen MR) is 164 cm³/mol. The Morgan fingerprint density at radius 2 is 1.67 bits per heavy atom. The maximum absolute atomic E-state index is 14.3. The second-order valence-corrected chi connectivity index (χ2v) is 11.5. The zero-order chi connectivity index (χ0) is 33.3. The first-order chi connectivity index (χ1) is 21.8. The molecule has 0 aliphatic carbocycles. The summed E-state index contributed by atoms with van der Waals surface area (Å²) in [5.41, 5.74) is 0.520. The largest absolute Gasteiger partial charge is 0.416 e. The molecule has 240 valence electrons. The van der Waals surface area contributed by atoms with Gasteiger partial charge in [0.2, 0.25) is 5.91 Å². The summed E-state index contributed by atoms with van der Waals surface area (Å²) in [4.78, 5) is 42.0. The van der Waals surface area contributed by atoms with Crippen LogP contribution in [0, 0.1) is 5.82 Å². The number of halogens is 5. The van der Waals surface area contributed by atoms with E-state index in [2.05, 4.69) is 10.6 Å². The fourth-order valence-electron chi connectivity index (χ4n) is 5.58. The lowest BCUT2D eigenvalue weighted by Crippen LogP contribution is -2.55. The van der Waals surface area contributed by atoms with Crippen LogP contribution in [-0.4, -0.2) is 45.5 Å². The zero-order valence-corrected chi connectivity index (χ0v) is 25.7. The van der Waals surface area contributed by atoms with Gasteiger partial charge in [0.05, 0.1) is 23.0 Å². The molecule has 13 heteroatoms. The highest BCUT2D eigenvalue weighted by atomic mass is 35.5. The maximum Gasteiger partial charge on any atom is 0.416 e. The molecule has 3 aromatic carbocycles. The van der Waals surface area contributed by atoms with Crippen LogP contribution in [0.1, 0.15) is 65.5 Å². The van der Waals surface area contributed by atoms with Crippen molar-refractivity contribution in [1.82, 2.24) is 20.4 Å². The van der Waals surface area contributed by atoms with Crippen molar-refractivity contribution < 1.29 is 31.9 Å². The minimum Gasteiger partial charge on any atom is -0.347 e. The molecule has 0 saturated heterocycles. The van der Waals surface area contributed by atoms with Crippen molar-refractivity contribution in [3.63, 3.8) is 0 Å². The highest BCUT2D eigenvalue weighted by Crippen LogP contribution is 2.45. The number of carbonyl (C=O) groups is 3. The van der Waals surface area contributed by atoms with E-state index in [1.54, 1.807) is 42.8 Å². The Kier molecular flexibility index (Phi) is 9.20. The summed E-state index contributed by atoms with van der Waals surface area (Å²) >= 11 is 6.04. The molecule has 0 radical (unpaired) electrons. The van der Waals surface area contributed by atoms with Crippen LogP contribution in [0.25, 0.3) is 5.69 Å². The Morgan fingerprint density at radius 1 is 1.00 bits per heavy atom. The number of hydrogen-bond acceptors (Lipinski definition) is 4. The van der Waals surface area contributed by atoms with E-state index in [9.17, 15) is 31.9 Å². The predicted octanol–water partition coefficient (Wildman–Crippen LogP) is 6.13. The Labute approximate surface area is 267 Å². The monoisotopic (exact) mass is 655 g/mol. The third kappa shape index (κ3) is 6.34. The van der Waals surface area contributed by atoms with E-state index in [0.717, 1.165) is 12.1 Å². The summed E-state index contributed by atoms with van der Waals surface area (Å²) in [7, 11) is 0. The van der Waals surface area contributed by atoms with Gasteiger partial charge in [-0.05, 0) is 68.8 Å². The maximum atomic E-state index is 14.3. The van der Waals surface area contributed by atoms with Gasteiger partial charge in [0.15, 0.2) is 0 Å². The van der Waals surface area contributed by atoms with Gasteiger partial charge in [0, 0.05) is 23.6 Å². The van der Waals surface area contributed by atoms with E-state index in [1.807, 2.05) is 6.07 Å². The van der Waals surface area contributed by atoms with E-state index >= 15 is 0 Å². The van der Waals surface area contributed by atoms with Gasteiger partial charge in [0.25, 0.3) is 11.8 Å². The molecule has 0 unspecified atom stereocenters. The fraction of sp³-hybridized carbons (Fsp3) is 0.273. The van der Waals surface area contributed by atoms with Gasteiger partial charge < -0.3 is 10.6 Å². The quantitative estimate of drug-likeness (QED) is 0.176. The smallest absolute Gasteiger partial charge is 0.347 e. The van der Waals surface area contributed by atoms with E-state index in [0.29, 0.717) is 34.4 Å². The van der Waals surface area contributed by atoms with Crippen LogP contribution in [0.15, 0.2) is 78.9 Å². The van der Waals surface area contributed by atoms with Crippen LogP contribution in [0.2, 0.25) is 0 Å². The van der Waals surface area contributed by atoms with Crippen molar-refractivity contribution in [2.75, 3.05) is 11.4 Å². The summed E-state index contributed by atoms with van der Waals surface area (Å²) < 4.78 is 56.1. The van der Waals surface area contributed by atoms with Crippen molar-refractivity contribution in [1.29, 1.82) is 0 Å². The number of para-hydroxylation sites is 1. The molecular formula is C33H30ClF4N5O3. The molecule has 2 N–H and O–H groups in total. The first kappa shape index (κ1) is 32.7. The van der Waals surface area contributed by atoms with Gasteiger partial charge in [-0.15, -0.1) is 11.6 Å². The number of nitrogens with zero attached hydrogens (tertiary/aromatic N) is 3. The van der Waals surface area contributed by atoms with Crippen molar-refractivity contribution in [3.05, 3.63) is 113 Å². The standard InChI is InChI=1S/C33H30ClF4N5O3/c1-4-42-31-26(27(19(3)39-29(44)18(2)34)41-43(31)24-11-6-5-7-12-24)25(20-13-15-23(35)16-14-20)28(32(42)46)40-30(45)21-9-8-10-22(17-21)33(36,37)38/h5-19,25,28H,4H2,1-3H3,(H,39,44)(H,40,45)/t18-,19-,25-,28-/m0/s1. The Bertz CT molecular complexity index is 1760. The van der Waals surface area contributed by atoms with Crippen LogP contribution in [0.3, 0.4) is 0 Å². The number of carbonyl (C=O) groups excluding carboxylic acids is 3. The lowest BCUT2D eigenvalue weighted by molar-refractivity contribution is -0.137. The molecule has 8 nitrogen and oxygen atoms in total. The lowest BCUT2D eigenvalue weighted by atomic mass is 9.80. The van der Waals surface area contributed by atoms with Gasteiger partial charge in [-0.25, -0.2) is 9.07 Å². The number of rotatable bonds is 8. The van der Waals surface area contributed by atoms with Crippen LogP contribution < -0.4 is 15.5 Å². The van der Waals surface area contributed by atoms with E-state index in [4.69, 9.17) is 16.7 Å². The molecule has 46 heavy (non-hydrogen) atoms. The summed E-state index contributed by atoms with van der Waals surface area (Å²) in [5.74, 6) is -3.09. The summed E-state index contributed by atoms with van der Waals surface area (Å²) in [6, 6.07) is 16.1. The molecule has 0 saturated carbocycles. The highest BCUT2D eigenvalue weighted by molar-refractivity contribution is 6.30. The number of aromatic nitrogens is 2. The number of hydrogen-bond donors (Lipinski definition) is 2. The van der Waals surface area contributed by atoms with Crippen molar-refractivity contribution in [3.8, 4) is 5.69 Å². The number of benzene rings is 3. The van der Waals surface area contributed by atoms with Crippen molar-refractivity contribution in [2.45, 2.75) is 50.3 Å². The average molecular weight is 656 g/mol. The van der Waals surface area contributed by atoms with Crippen LogP contribution in [-0.2, 0) is 15.8 Å². The number of anilines is 1. The normalized spacial score (nSPS) is 17.7. The molecule has 0 fully saturated rings. The van der Waals surface area contributed by atoms with Crippen LogP contribution in [0.4, 0.5) is 23.4 Å². The molecular weight excluding hydrogens is 626 g/mol. The molecule has 5 rings (SSSR count). The van der Waals surface area contributed by atoms with Gasteiger partial charge in [-0.3, -0.25) is 19.3 Å². The Morgan fingerprint density at radius 3 is 2.28 bits per heavy atom. The van der Waals surface area contributed by atoms with E-state index < -0.39 is 58.7 Å². The fourth-order valence-corrected chi connectivity index (χ4v) is 5.65. The Hall–Kier alpha value is -4.71. The molecule has 4 atom stereocenters. The number of alkyl halides is 4. The zero-order valence-electron chi connectivity index (χ0n) is 25.0. The van der Waals surface area contributed by atoms with Crippen LogP contribution in [0.5, 0.6) is 0 Å². The second kappa shape index (κ2) is 13.0. The van der Waals surface area contributed by atoms with E-state index in [1.165, 1.54) is 42.2 Å². The summed E-state index contributed by atoms with van der Waals surface area (Å²) in [5, 5.41) is 9.50. The van der Waals surface area contributed by atoms with Crippen molar-refractivity contribution in [2.24, 2.45) is 0 Å². The molecule has 4 aromatic rings. The third-order valence-corrected chi connectivity index (χ3v) is 7.97. The van der Waals surface area contributed by atoms with Crippen molar-refractivity contribution >= 4 is 35.1 Å². The first-order valence-corrected chi connectivity index (χ1v) is 14.9. The second-order valence-electron chi connectivity index (χ2n) is 10.9. The SMILES string of the molecule is CCN1C(=O)[C@@H](NC(=O)c2cccc(C(F)(F)F)c2)[C@@H](c2ccc(F)cc2)c2c([C@H](C)NC(=O)[C@H](C)Cl)nn(-c3ccccc3)c21. The topological polar surface area (TPSA) is 96.3 Å². The molecule has 0 bridgehead atoms. The number of nitrogens with one attached hydrogen (secondary N) is 2. The van der Waals surface area contributed by atoms with Gasteiger partial charge in [0.1, 0.15) is 23.1 Å². The molecule has 1 aliphatic heterocycles. The van der Waals surface area contributed by atoms with Gasteiger partial charge >= 0.3 is 6.18 Å². The molecule has 0 spiro atoms. The third-order valence-electron chi connectivity index (χ3n) is 7.77. The number of fused-ring (bicyclic) bond motifs is 1. The molecule has 1 aliphatic rings. The minimum atomic E-state index is -4.69. The number of likely N-dealkylation sites (N-methyl/N-ethyl adjacent to an activating group) is 1. The Balaban J connectivity index is 1.73. The van der Waals surface area contributed by atoms with Crippen LogP contribution >= 0.6 is 11.6 Å². The van der Waals surface area contributed by atoms with Gasteiger partial charge in [-0.2, -0.15) is 18.3 Å². The minimum absolute atomic E-state index is 0.134. The summed E-state index contributed by atoms with van der Waals surface area (Å²) in [6.45, 7) is 5.07. The average Bonchev–Trinajstić information content (AvgIpc) is 3.42. The summed E-state index contributed by atoms with van der Waals surface area (Å²) in [6.07, 6.45) is -4.69. The number of amides is 3.